The summed E-state index contributed by atoms with van der Waals surface area (Å²) >= 11 is 3.89. The molecular weight excluding hydrogens is 388 g/mol. The monoisotopic (exact) mass is 420 g/mol. The van der Waals surface area contributed by atoms with Crippen LogP contribution in [0.15, 0.2) is 36.4 Å². The predicted molar refractivity (Wildman–Crippen MR) is 134 cm³/mol. The van der Waals surface area contributed by atoms with Crippen LogP contribution in [0.25, 0.3) is 31.3 Å². The highest BCUT2D eigenvalue weighted by Crippen LogP contribution is 2.41. The Kier molecular flexibility index (Phi) is 4.95. The Morgan fingerprint density at radius 2 is 1.14 bits per heavy atom. The molecule has 0 spiro atoms. The fourth-order valence-electron chi connectivity index (χ4n) is 3.89. The summed E-state index contributed by atoms with van der Waals surface area (Å²) in [5.74, 6) is 0. The lowest BCUT2D eigenvalue weighted by Gasteiger charge is -2.14. The van der Waals surface area contributed by atoms with Gasteiger partial charge in [0.05, 0.1) is 0 Å². The van der Waals surface area contributed by atoms with Gasteiger partial charge in [0, 0.05) is 19.2 Å². The average Bonchev–Trinajstić information content (AvgIpc) is 3.22. The third-order valence-electron chi connectivity index (χ3n) is 5.75. The molecule has 0 fully saturated rings. The van der Waals surface area contributed by atoms with E-state index in [9.17, 15) is 0 Å². The van der Waals surface area contributed by atoms with Crippen LogP contribution in [0.5, 0.6) is 0 Å². The largest absolute Gasteiger partial charge is 0.140 e. The lowest BCUT2D eigenvalue weighted by molar-refractivity contribution is 0.604. The van der Waals surface area contributed by atoms with Crippen molar-refractivity contribution >= 4 is 42.8 Å². The van der Waals surface area contributed by atoms with Gasteiger partial charge < -0.3 is 0 Å². The van der Waals surface area contributed by atoms with Gasteiger partial charge >= 0.3 is 0 Å². The molecule has 2 aromatic carbocycles. The highest BCUT2D eigenvalue weighted by Gasteiger charge is 2.20. The van der Waals surface area contributed by atoms with E-state index in [1.165, 1.54) is 52.2 Å². The Morgan fingerprint density at radius 1 is 0.655 bits per heavy atom. The highest BCUT2D eigenvalue weighted by molar-refractivity contribution is 7.19. The second-order valence-electron chi connectivity index (χ2n) is 10.3. The highest BCUT2D eigenvalue weighted by atomic mass is 32.1. The lowest BCUT2D eigenvalue weighted by atomic mass is 9.91. The summed E-state index contributed by atoms with van der Waals surface area (Å²) in [5, 5.41) is 2.76. The number of thiophene rings is 2. The quantitative estimate of drug-likeness (QED) is 0.303. The second kappa shape index (κ2) is 6.96. The Balaban J connectivity index is 1.92. The Morgan fingerprint density at radius 3 is 1.62 bits per heavy atom. The Labute approximate surface area is 183 Å². The molecule has 0 saturated heterocycles. The third kappa shape index (κ3) is 3.78. The van der Waals surface area contributed by atoms with E-state index in [4.69, 9.17) is 0 Å². The molecule has 4 aromatic rings. The van der Waals surface area contributed by atoms with Crippen LogP contribution in [0.3, 0.4) is 0 Å². The first-order chi connectivity index (χ1) is 13.5. The summed E-state index contributed by atoms with van der Waals surface area (Å²) in [6.45, 7) is 18.4. The summed E-state index contributed by atoms with van der Waals surface area (Å²) < 4.78 is 2.82. The first-order valence-corrected chi connectivity index (χ1v) is 12.2. The smallest absolute Gasteiger partial charge is 0.0349 e. The summed E-state index contributed by atoms with van der Waals surface area (Å²) in [6, 6.07) is 14.5. The molecule has 2 heterocycles. The van der Waals surface area contributed by atoms with Crippen LogP contribution in [0.1, 0.15) is 69.3 Å². The van der Waals surface area contributed by atoms with E-state index in [1.807, 2.05) is 22.7 Å². The zero-order chi connectivity index (χ0) is 21.1. The van der Waals surface area contributed by atoms with Crippen LogP contribution >= 0.6 is 22.7 Å². The molecule has 4 rings (SSSR count). The zero-order valence-corrected chi connectivity index (χ0v) is 20.6. The van der Waals surface area contributed by atoms with Gasteiger partial charge in [-0.2, -0.15) is 0 Å². The molecule has 152 valence electrons. The summed E-state index contributed by atoms with van der Waals surface area (Å²) in [6.07, 6.45) is 1.06. The van der Waals surface area contributed by atoms with Crippen molar-refractivity contribution in [2.45, 2.75) is 72.6 Å². The van der Waals surface area contributed by atoms with Crippen molar-refractivity contribution in [3.63, 3.8) is 0 Å². The van der Waals surface area contributed by atoms with E-state index in [0.717, 1.165) is 6.42 Å². The van der Waals surface area contributed by atoms with E-state index < -0.39 is 0 Å². The molecule has 2 heteroatoms. The standard InChI is InChI=1S/C27H32S2/c1-9-17-13-23-19(15-25(29-23)27(6,7)8)12-21(17)20-11-18-14-24(26(3,4)5)28-22(18)10-16(20)2/h10-15H,9H2,1-8H3. The van der Waals surface area contributed by atoms with Crippen molar-refractivity contribution in [3.05, 3.63) is 57.3 Å². The van der Waals surface area contributed by atoms with E-state index in [2.05, 4.69) is 91.8 Å². The van der Waals surface area contributed by atoms with Gasteiger partial charge in [0.15, 0.2) is 0 Å². The first kappa shape index (κ1) is 20.6. The summed E-state index contributed by atoms with van der Waals surface area (Å²) in [5.41, 5.74) is 6.02. The normalized spacial score (nSPS) is 13.0. The molecule has 0 nitrogen and oxygen atoms in total. The van der Waals surface area contributed by atoms with Crippen molar-refractivity contribution < 1.29 is 0 Å². The van der Waals surface area contributed by atoms with Crippen LogP contribution in [0, 0.1) is 6.92 Å². The van der Waals surface area contributed by atoms with Gasteiger partial charge in [0.2, 0.25) is 0 Å². The maximum absolute atomic E-state index is 2.44. The van der Waals surface area contributed by atoms with Gasteiger partial charge in [-0.15, -0.1) is 22.7 Å². The maximum atomic E-state index is 2.44. The Bertz CT molecular complexity index is 1200. The minimum Gasteiger partial charge on any atom is -0.140 e. The number of benzene rings is 2. The minimum atomic E-state index is 0.199. The molecule has 0 N–H and O–H groups in total. The molecule has 2 aromatic heterocycles. The van der Waals surface area contributed by atoms with Crippen LogP contribution in [-0.4, -0.2) is 0 Å². The molecule has 0 aliphatic rings. The van der Waals surface area contributed by atoms with Gasteiger partial charge in [-0.1, -0.05) is 48.5 Å². The van der Waals surface area contributed by atoms with E-state index in [-0.39, 0.29) is 10.8 Å². The molecule has 0 aliphatic heterocycles. The first-order valence-electron chi connectivity index (χ1n) is 10.6. The van der Waals surface area contributed by atoms with E-state index >= 15 is 0 Å². The molecule has 0 radical (unpaired) electrons. The van der Waals surface area contributed by atoms with Gasteiger partial charge in [-0.05, 0) is 93.6 Å². The number of aryl methyl sites for hydroxylation is 2. The van der Waals surface area contributed by atoms with E-state index in [0.29, 0.717) is 0 Å². The van der Waals surface area contributed by atoms with Crippen molar-refractivity contribution in [1.82, 2.24) is 0 Å². The fourth-order valence-corrected chi connectivity index (χ4v) is 6.26. The van der Waals surface area contributed by atoms with E-state index in [1.54, 1.807) is 0 Å². The number of hydrogen-bond acceptors (Lipinski definition) is 2. The lowest BCUT2D eigenvalue weighted by Crippen LogP contribution is -2.07. The topological polar surface area (TPSA) is 0 Å². The van der Waals surface area contributed by atoms with Gasteiger partial charge in [-0.25, -0.2) is 0 Å². The molecule has 0 saturated carbocycles. The molecular formula is C27H32S2. The SMILES string of the molecule is CCc1cc2sc(C(C)(C)C)cc2cc1-c1cc2cc(C(C)(C)C)sc2cc1C. The van der Waals surface area contributed by atoms with Gasteiger partial charge in [-0.3, -0.25) is 0 Å². The van der Waals surface area contributed by atoms with Crippen molar-refractivity contribution in [2.75, 3.05) is 0 Å². The second-order valence-corrected chi connectivity index (χ2v) is 12.5. The molecule has 0 bridgehead atoms. The van der Waals surface area contributed by atoms with Crippen LogP contribution in [0.4, 0.5) is 0 Å². The third-order valence-corrected chi connectivity index (χ3v) is 8.80. The molecule has 0 atom stereocenters. The molecule has 0 amide bonds. The maximum Gasteiger partial charge on any atom is 0.0349 e. The van der Waals surface area contributed by atoms with Gasteiger partial charge in [0.1, 0.15) is 0 Å². The number of hydrogen-bond donors (Lipinski definition) is 0. The van der Waals surface area contributed by atoms with Crippen LogP contribution < -0.4 is 0 Å². The molecule has 0 aliphatic carbocycles. The van der Waals surface area contributed by atoms with Crippen molar-refractivity contribution in [2.24, 2.45) is 0 Å². The van der Waals surface area contributed by atoms with Crippen LogP contribution in [-0.2, 0) is 17.3 Å². The molecule has 29 heavy (non-hydrogen) atoms. The number of rotatable bonds is 2. The minimum absolute atomic E-state index is 0.199. The predicted octanol–water partition coefficient (Wildman–Crippen LogP) is 9.25. The van der Waals surface area contributed by atoms with Crippen molar-refractivity contribution in [1.29, 1.82) is 0 Å². The summed E-state index contributed by atoms with van der Waals surface area (Å²) in [7, 11) is 0. The van der Waals surface area contributed by atoms with Crippen LogP contribution in [0.2, 0.25) is 0 Å². The van der Waals surface area contributed by atoms with Crippen molar-refractivity contribution in [3.8, 4) is 11.1 Å². The number of fused-ring (bicyclic) bond motifs is 2. The molecule has 0 unspecified atom stereocenters. The Hall–Kier alpha value is -1.64. The summed E-state index contributed by atoms with van der Waals surface area (Å²) in [4.78, 5) is 2.93. The fraction of sp³-hybridized carbons (Fsp3) is 0.407. The zero-order valence-electron chi connectivity index (χ0n) is 19.0. The van der Waals surface area contributed by atoms with Gasteiger partial charge in [0.25, 0.3) is 0 Å². The average molecular weight is 421 g/mol.